The van der Waals surface area contributed by atoms with E-state index in [-0.39, 0.29) is 6.61 Å². The zero-order chi connectivity index (χ0) is 10.4. The third kappa shape index (κ3) is 5.09. The van der Waals surface area contributed by atoms with E-state index in [1.807, 2.05) is 18.2 Å². The molecule has 0 bridgehead atoms. The van der Waals surface area contributed by atoms with Gasteiger partial charge < -0.3 is 9.79 Å². The third-order valence-corrected chi connectivity index (χ3v) is 2.08. The summed E-state index contributed by atoms with van der Waals surface area (Å²) in [4.78, 5) is 20.8. The van der Waals surface area contributed by atoms with Gasteiger partial charge in [0.25, 0.3) is 0 Å². The maximum absolute atomic E-state index is 10.3. The quantitative estimate of drug-likeness (QED) is 0.570. The molecule has 0 spiro atoms. The summed E-state index contributed by atoms with van der Waals surface area (Å²) < 4.78 is 14.6. The van der Waals surface area contributed by atoms with Crippen molar-refractivity contribution >= 4 is 7.82 Å². The summed E-state index contributed by atoms with van der Waals surface area (Å²) in [6.07, 6.45) is 2.88. The van der Waals surface area contributed by atoms with Gasteiger partial charge in [0.05, 0.1) is 6.61 Å². The van der Waals surface area contributed by atoms with E-state index in [1.54, 1.807) is 6.20 Å². The number of aryl methyl sites for hydroxylation is 1. The first-order valence-corrected chi connectivity index (χ1v) is 5.71. The van der Waals surface area contributed by atoms with Crippen molar-refractivity contribution in [2.75, 3.05) is 6.61 Å². The van der Waals surface area contributed by atoms with Crippen LogP contribution in [0.3, 0.4) is 0 Å². The topological polar surface area (TPSA) is 79.7 Å². The minimum Gasteiger partial charge on any atom is -0.303 e. The molecule has 0 fully saturated rings. The normalized spacial score (nSPS) is 11.6. The molecule has 1 heterocycles. The Balaban J connectivity index is 2.20. The van der Waals surface area contributed by atoms with Crippen molar-refractivity contribution in [2.45, 2.75) is 12.8 Å². The largest absolute Gasteiger partial charge is 0.469 e. The summed E-state index contributed by atoms with van der Waals surface area (Å²) in [7, 11) is -4.31. The molecule has 6 heteroatoms. The summed E-state index contributed by atoms with van der Waals surface area (Å²) in [6, 6.07) is 5.54. The van der Waals surface area contributed by atoms with Gasteiger partial charge >= 0.3 is 7.82 Å². The summed E-state index contributed by atoms with van der Waals surface area (Å²) >= 11 is 0. The highest BCUT2D eigenvalue weighted by atomic mass is 31.2. The van der Waals surface area contributed by atoms with E-state index >= 15 is 0 Å². The van der Waals surface area contributed by atoms with Crippen molar-refractivity contribution < 1.29 is 18.9 Å². The number of aromatic nitrogens is 1. The van der Waals surface area contributed by atoms with E-state index in [2.05, 4.69) is 9.51 Å². The lowest BCUT2D eigenvalue weighted by Gasteiger charge is -2.04. The Bertz CT molecular complexity index is 310. The van der Waals surface area contributed by atoms with Gasteiger partial charge in [-0.05, 0) is 25.0 Å². The molecule has 78 valence electrons. The predicted octanol–water partition coefficient (Wildman–Crippen LogP) is 1.12. The van der Waals surface area contributed by atoms with Crippen LogP contribution in [0.4, 0.5) is 0 Å². The molecule has 0 saturated heterocycles. The van der Waals surface area contributed by atoms with Crippen LogP contribution < -0.4 is 0 Å². The summed E-state index contributed by atoms with van der Waals surface area (Å²) in [5.74, 6) is 0. The number of hydrogen-bond donors (Lipinski definition) is 2. The van der Waals surface area contributed by atoms with Gasteiger partial charge in [-0.25, -0.2) is 4.57 Å². The van der Waals surface area contributed by atoms with Crippen LogP contribution >= 0.6 is 7.82 Å². The van der Waals surface area contributed by atoms with Crippen LogP contribution in [0.15, 0.2) is 24.4 Å². The molecule has 0 aliphatic rings. The maximum Gasteiger partial charge on any atom is 0.469 e. The Hall–Kier alpha value is -0.740. The number of pyridine rings is 1. The van der Waals surface area contributed by atoms with Crippen LogP contribution in [0.5, 0.6) is 0 Å². The number of rotatable bonds is 5. The first-order chi connectivity index (χ1) is 6.58. The van der Waals surface area contributed by atoms with Crippen LogP contribution in [-0.4, -0.2) is 21.4 Å². The lowest BCUT2D eigenvalue weighted by atomic mass is 10.2. The molecule has 0 atom stereocenters. The molecule has 0 radical (unpaired) electrons. The van der Waals surface area contributed by atoms with Crippen LogP contribution in [0, 0.1) is 0 Å². The molecule has 1 rings (SSSR count). The highest BCUT2D eigenvalue weighted by Gasteiger charge is 2.12. The smallest absolute Gasteiger partial charge is 0.303 e. The Morgan fingerprint density at radius 1 is 1.43 bits per heavy atom. The molecule has 0 amide bonds. The molecule has 1 aromatic heterocycles. The molecular formula is C8H12NO4P. The molecular weight excluding hydrogens is 205 g/mol. The van der Waals surface area contributed by atoms with Crippen LogP contribution in [0.2, 0.25) is 0 Å². The van der Waals surface area contributed by atoms with Gasteiger partial charge in [0, 0.05) is 11.9 Å². The van der Waals surface area contributed by atoms with Crippen molar-refractivity contribution in [3.63, 3.8) is 0 Å². The third-order valence-electron chi connectivity index (χ3n) is 1.56. The fraction of sp³-hybridized carbons (Fsp3) is 0.375. The Morgan fingerprint density at radius 3 is 2.79 bits per heavy atom. The first-order valence-electron chi connectivity index (χ1n) is 4.18. The van der Waals surface area contributed by atoms with E-state index in [1.165, 1.54) is 0 Å². The van der Waals surface area contributed by atoms with E-state index < -0.39 is 7.82 Å². The monoisotopic (exact) mass is 217 g/mol. The number of nitrogens with zero attached hydrogens (tertiary/aromatic N) is 1. The first kappa shape index (κ1) is 11.3. The second kappa shape index (κ2) is 5.22. The summed E-state index contributed by atoms with van der Waals surface area (Å²) in [6.45, 7) is 0.0425. The second-order valence-electron chi connectivity index (χ2n) is 2.75. The number of hydrogen-bond acceptors (Lipinski definition) is 3. The Kier molecular flexibility index (Phi) is 4.22. The van der Waals surface area contributed by atoms with Crippen LogP contribution in [-0.2, 0) is 15.5 Å². The molecule has 5 nitrogen and oxygen atoms in total. The average molecular weight is 217 g/mol. The SMILES string of the molecule is O=P(O)(O)OCCCc1ccccn1. The number of phosphoric ester groups is 1. The van der Waals surface area contributed by atoms with E-state index in [0.29, 0.717) is 12.8 Å². The fourth-order valence-electron chi connectivity index (χ4n) is 0.983. The van der Waals surface area contributed by atoms with E-state index in [4.69, 9.17) is 9.79 Å². The van der Waals surface area contributed by atoms with Gasteiger partial charge in [0.1, 0.15) is 0 Å². The molecule has 1 aromatic rings. The highest BCUT2D eigenvalue weighted by molar-refractivity contribution is 7.46. The average Bonchev–Trinajstić information content (AvgIpc) is 2.13. The molecule has 2 N–H and O–H groups in total. The predicted molar refractivity (Wildman–Crippen MR) is 50.6 cm³/mol. The van der Waals surface area contributed by atoms with Gasteiger partial charge in [-0.2, -0.15) is 0 Å². The van der Waals surface area contributed by atoms with E-state index in [0.717, 1.165) is 5.69 Å². The second-order valence-corrected chi connectivity index (χ2v) is 3.99. The van der Waals surface area contributed by atoms with Gasteiger partial charge in [0.15, 0.2) is 0 Å². The van der Waals surface area contributed by atoms with Crippen LogP contribution in [0.25, 0.3) is 0 Å². The molecule has 0 saturated carbocycles. The van der Waals surface area contributed by atoms with Crippen LogP contribution in [0.1, 0.15) is 12.1 Å². The number of phosphoric acid groups is 1. The van der Waals surface area contributed by atoms with Crippen molar-refractivity contribution in [1.82, 2.24) is 4.98 Å². The van der Waals surface area contributed by atoms with Gasteiger partial charge in [-0.1, -0.05) is 6.07 Å². The van der Waals surface area contributed by atoms with Gasteiger partial charge in [0.2, 0.25) is 0 Å². The van der Waals surface area contributed by atoms with Crippen molar-refractivity contribution in [1.29, 1.82) is 0 Å². The molecule has 0 aliphatic heterocycles. The minimum atomic E-state index is -4.31. The highest BCUT2D eigenvalue weighted by Crippen LogP contribution is 2.35. The fourth-order valence-corrected chi connectivity index (χ4v) is 1.35. The van der Waals surface area contributed by atoms with E-state index in [9.17, 15) is 4.57 Å². The van der Waals surface area contributed by atoms with Gasteiger partial charge in [-0.15, -0.1) is 0 Å². The lowest BCUT2D eigenvalue weighted by molar-refractivity contribution is 0.195. The van der Waals surface area contributed by atoms with Crippen molar-refractivity contribution in [2.24, 2.45) is 0 Å². The van der Waals surface area contributed by atoms with Gasteiger partial charge in [-0.3, -0.25) is 9.51 Å². The standard InChI is InChI=1S/C8H12NO4P/c10-14(11,12)13-7-3-5-8-4-1-2-6-9-8/h1-2,4,6H,3,5,7H2,(H2,10,11,12). The summed E-state index contributed by atoms with van der Waals surface area (Å²) in [5.41, 5.74) is 0.891. The van der Waals surface area contributed by atoms with Crippen molar-refractivity contribution in [3.8, 4) is 0 Å². The Morgan fingerprint density at radius 2 is 2.21 bits per heavy atom. The maximum atomic E-state index is 10.3. The lowest BCUT2D eigenvalue weighted by Crippen LogP contribution is -1.96. The molecule has 0 aromatic carbocycles. The Labute approximate surface area is 82.0 Å². The molecule has 0 unspecified atom stereocenters. The molecule has 14 heavy (non-hydrogen) atoms. The zero-order valence-corrected chi connectivity index (χ0v) is 8.43. The zero-order valence-electron chi connectivity index (χ0n) is 7.54. The van der Waals surface area contributed by atoms with Crippen molar-refractivity contribution in [3.05, 3.63) is 30.1 Å². The minimum absolute atomic E-state index is 0.0425. The molecule has 0 aliphatic carbocycles. The summed E-state index contributed by atoms with van der Waals surface area (Å²) in [5, 5.41) is 0.